The van der Waals surface area contributed by atoms with Crippen LogP contribution >= 0.6 is 53.8 Å². The average Bonchev–Trinajstić information content (AvgIpc) is 2.77. The van der Waals surface area contributed by atoms with Crippen molar-refractivity contribution in [2.24, 2.45) is 0 Å². The molecule has 0 saturated carbocycles. The summed E-state index contributed by atoms with van der Waals surface area (Å²) >= 11 is 27.4. The number of rotatable bonds is 18. The Kier molecular flexibility index (Phi) is 38.8. The van der Waals surface area contributed by atoms with Gasteiger partial charge in [-0.05, 0) is 73.9 Å². The van der Waals surface area contributed by atoms with E-state index in [1.54, 1.807) is 0 Å². The van der Waals surface area contributed by atoms with Crippen LogP contribution in [0.25, 0.3) is 0 Å². The Balaban J connectivity index is -0.000000196. The molecule has 0 atom stereocenters. The van der Waals surface area contributed by atoms with Crippen LogP contribution in [0.3, 0.4) is 0 Å². The fraction of sp³-hybridized carbons (Fsp3) is 1.00. The molecule has 16 heteroatoms. The summed E-state index contributed by atoms with van der Waals surface area (Å²) < 4.78 is 31.5. The summed E-state index contributed by atoms with van der Waals surface area (Å²) in [5.41, 5.74) is -6.59. The van der Waals surface area contributed by atoms with E-state index >= 15 is 0 Å². The molecule has 3 radical (unpaired) electrons. The first-order valence-corrected chi connectivity index (χ1v) is 22.6. The molecule has 0 bridgehead atoms. The van der Waals surface area contributed by atoms with Crippen LogP contribution in [0.2, 0.25) is 0 Å². The van der Waals surface area contributed by atoms with E-state index in [0.717, 1.165) is 38.5 Å². The van der Waals surface area contributed by atoms with E-state index in [1.165, 1.54) is 0 Å². The summed E-state index contributed by atoms with van der Waals surface area (Å²) in [5.74, 6) is 0. The quantitative estimate of drug-likeness (QED) is 0.0725. The zero-order chi connectivity index (χ0) is 26.2. The average molecular weight is 765 g/mol. The minimum atomic E-state index is -2.20. The minimum Gasteiger partial charge on any atom is -0.322 e. The molecule has 0 rings (SSSR count). The Bertz CT molecular complexity index is 468. The van der Waals surface area contributed by atoms with E-state index in [1.807, 2.05) is 41.5 Å². The van der Waals surface area contributed by atoms with Gasteiger partial charge in [-0.1, -0.05) is 78.3 Å². The third-order valence-electron chi connectivity index (χ3n) is 2.75. The van der Waals surface area contributed by atoms with Gasteiger partial charge < -0.3 is 27.1 Å². The summed E-state index contributed by atoms with van der Waals surface area (Å²) in [6, 6.07) is 0. The SMILES string of the molecule is CCCOP(=S)(S)OCCC.CCCOP(=S)(S)OCCC.CCCOP(=S)(S)OCCC.[Sb]. The zero-order valence-corrected chi connectivity index (χ0v) is 31.7. The Morgan fingerprint density at radius 2 is 0.529 bits per heavy atom. The monoisotopic (exact) mass is 763 g/mol. The molecular formula is C18H45O6P3S6Sb. The third kappa shape index (κ3) is 37.7. The maximum atomic E-state index is 5.25. The van der Waals surface area contributed by atoms with Crippen LogP contribution in [-0.4, -0.2) is 64.1 Å². The molecule has 209 valence electrons. The molecule has 0 saturated heterocycles. The van der Waals surface area contributed by atoms with Crippen molar-refractivity contribution in [3.05, 3.63) is 0 Å². The van der Waals surface area contributed by atoms with Crippen LogP contribution < -0.4 is 0 Å². The largest absolute Gasteiger partial charge is 0.322 e. The first-order chi connectivity index (χ1) is 15.4. The number of thiol groups is 3. The van der Waals surface area contributed by atoms with E-state index in [0.29, 0.717) is 39.6 Å². The number of hydrogen-bond acceptors (Lipinski definition) is 9. The molecule has 0 aliphatic heterocycles. The van der Waals surface area contributed by atoms with Gasteiger partial charge in [0, 0.05) is 24.4 Å². The maximum Gasteiger partial charge on any atom is 0.244 e. The Labute approximate surface area is 258 Å². The van der Waals surface area contributed by atoms with Crippen LogP contribution in [-0.2, 0) is 62.6 Å². The van der Waals surface area contributed by atoms with E-state index in [9.17, 15) is 0 Å². The molecule has 0 aliphatic carbocycles. The van der Waals surface area contributed by atoms with Gasteiger partial charge in [-0.25, -0.2) is 0 Å². The van der Waals surface area contributed by atoms with Crippen molar-refractivity contribution in [1.82, 2.24) is 0 Å². The smallest absolute Gasteiger partial charge is 0.244 e. The van der Waals surface area contributed by atoms with Gasteiger partial charge in [-0.3, -0.25) is 0 Å². The van der Waals surface area contributed by atoms with Crippen LogP contribution in [0.1, 0.15) is 80.1 Å². The van der Waals surface area contributed by atoms with Crippen LogP contribution in [0.5, 0.6) is 0 Å². The molecule has 6 nitrogen and oxygen atoms in total. The van der Waals surface area contributed by atoms with Gasteiger partial charge >= 0.3 is 0 Å². The van der Waals surface area contributed by atoms with Gasteiger partial charge in [0.15, 0.2) is 0 Å². The molecule has 0 aromatic heterocycles. The molecule has 34 heavy (non-hydrogen) atoms. The van der Waals surface area contributed by atoms with Gasteiger partial charge in [0.05, 0.1) is 39.6 Å². The Hall–Kier alpha value is 3.58. The van der Waals surface area contributed by atoms with E-state index in [4.69, 9.17) is 62.6 Å². The summed E-state index contributed by atoms with van der Waals surface area (Å²) in [5, 5.41) is 0. The van der Waals surface area contributed by atoms with Crippen LogP contribution in [0, 0.1) is 0 Å². The molecular weight excluding hydrogens is 719 g/mol. The number of hydrogen-bond donors (Lipinski definition) is 3. The first kappa shape index (κ1) is 44.6. The van der Waals surface area contributed by atoms with Crippen molar-refractivity contribution in [2.75, 3.05) is 39.6 Å². The Morgan fingerprint density at radius 1 is 0.412 bits per heavy atom. The van der Waals surface area contributed by atoms with E-state index in [2.05, 4.69) is 36.7 Å². The molecule has 0 aromatic rings. The van der Waals surface area contributed by atoms with E-state index < -0.39 is 17.1 Å². The predicted octanol–water partition coefficient (Wildman–Crippen LogP) is 8.60. The normalized spacial score (nSPS) is 11.6. The predicted molar refractivity (Wildman–Crippen MR) is 173 cm³/mol. The van der Waals surface area contributed by atoms with Gasteiger partial charge in [-0.2, -0.15) is 0 Å². The zero-order valence-electron chi connectivity index (χ0n) is 21.3. The third-order valence-corrected chi connectivity index (χ3v) is 9.78. The summed E-state index contributed by atoms with van der Waals surface area (Å²) in [7, 11) is 0. The van der Waals surface area contributed by atoms with Gasteiger partial charge in [0.25, 0.3) is 0 Å². The van der Waals surface area contributed by atoms with Crippen molar-refractivity contribution in [2.45, 2.75) is 80.1 Å². The second kappa shape index (κ2) is 29.6. The molecule has 0 spiro atoms. The fourth-order valence-electron chi connectivity index (χ4n) is 1.35. The van der Waals surface area contributed by atoms with Crippen molar-refractivity contribution < 1.29 is 27.1 Å². The summed E-state index contributed by atoms with van der Waals surface area (Å²) in [4.78, 5) is 0. The molecule has 0 unspecified atom stereocenters. The Morgan fingerprint density at radius 3 is 0.618 bits per heavy atom. The van der Waals surface area contributed by atoms with Gasteiger partial charge in [0.2, 0.25) is 17.1 Å². The van der Waals surface area contributed by atoms with Crippen molar-refractivity contribution in [3.8, 4) is 0 Å². The summed E-state index contributed by atoms with van der Waals surface area (Å²) in [6.45, 7) is 16.0. The van der Waals surface area contributed by atoms with Crippen LogP contribution in [0.15, 0.2) is 0 Å². The maximum absolute atomic E-state index is 5.25. The standard InChI is InChI=1S/3C6H15O2PS2.Sb/c3*1-3-5-7-9(10,11)8-6-4-2;/h3*3-6H2,1-2H3,(H,10,11);. The second-order valence-electron chi connectivity index (χ2n) is 6.41. The second-order valence-corrected chi connectivity index (χ2v) is 22.3. The molecule has 0 aliphatic rings. The molecule has 0 fully saturated rings. The van der Waals surface area contributed by atoms with Crippen molar-refractivity contribution in [1.29, 1.82) is 0 Å². The summed E-state index contributed by atoms with van der Waals surface area (Å²) in [6.07, 6.45) is 5.72. The first-order valence-electron chi connectivity index (χ1n) is 11.2. The fourth-order valence-corrected chi connectivity index (χ4v) is 6.87. The molecule has 0 aromatic carbocycles. The molecule has 0 amide bonds. The van der Waals surface area contributed by atoms with Gasteiger partial charge in [-0.15, -0.1) is 0 Å². The molecule has 0 heterocycles. The van der Waals surface area contributed by atoms with Crippen LogP contribution in [0.4, 0.5) is 0 Å². The van der Waals surface area contributed by atoms with Gasteiger partial charge in [0.1, 0.15) is 0 Å². The van der Waals surface area contributed by atoms with Crippen molar-refractivity contribution >= 4 is 114 Å². The molecule has 0 N–H and O–H groups in total. The van der Waals surface area contributed by atoms with Crippen molar-refractivity contribution in [3.63, 3.8) is 0 Å². The minimum absolute atomic E-state index is 0. The van der Waals surface area contributed by atoms with E-state index in [-0.39, 0.29) is 24.4 Å². The topological polar surface area (TPSA) is 55.4 Å².